The SMILES string of the molecule is CN(C(=O)c1ccc(N2CCC(N3CCCCC3)CC2)cc1)C1CCN(C2CCC2)CC1. The summed E-state index contributed by atoms with van der Waals surface area (Å²) in [5.74, 6) is 0.183. The first-order valence-electron chi connectivity index (χ1n) is 13.3. The first-order chi connectivity index (χ1) is 15.7. The van der Waals surface area contributed by atoms with Crippen molar-refractivity contribution < 1.29 is 4.79 Å². The van der Waals surface area contributed by atoms with E-state index in [1.165, 1.54) is 70.1 Å². The van der Waals surface area contributed by atoms with Crippen LogP contribution in [0.1, 0.15) is 74.6 Å². The fourth-order valence-electron chi connectivity index (χ4n) is 6.35. The van der Waals surface area contributed by atoms with Crippen LogP contribution in [0.15, 0.2) is 24.3 Å². The van der Waals surface area contributed by atoms with Crippen molar-refractivity contribution in [3.8, 4) is 0 Å². The highest BCUT2D eigenvalue weighted by Crippen LogP contribution is 2.29. The maximum atomic E-state index is 13.1. The van der Waals surface area contributed by atoms with E-state index in [0.29, 0.717) is 6.04 Å². The minimum Gasteiger partial charge on any atom is -0.371 e. The molecule has 5 heteroatoms. The Bertz CT molecular complexity index is 739. The number of piperidine rings is 3. The van der Waals surface area contributed by atoms with Crippen molar-refractivity contribution in [1.82, 2.24) is 14.7 Å². The van der Waals surface area contributed by atoms with Crippen LogP contribution in [0.5, 0.6) is 0 Å². The highest BCUT2D eigenvalue weighted by molar-refractivity contribution is 5.94. The Balaban J connectivity index is 1.11. The molecular formula is C27H42N4O. The van der Waals surface area contributed by atoms with Gasteiger partial charge in [0.25, 0.3) is 5.91 Å². The van der Waals surface area contributed by atoms with Gasteiger partial charge < -0.3 is 19.6 Å². The average Bonchev–Trinajstić information content (AvgIpc) is 2.83. The van der Waals surface area contributed by atoms with Crippen molar-refractivity contribution in [2.24, 2.45) is 0 Å². The summed E-state index contributed by atoms with van der Waals surface area (Å²) in [6, 6.07) is 10.4. The van der Waals surface area contributed by atoms with E-state index in [0.717, 1.165) is 56.7 Å². The topological polar surface area (TPSA) is 30.0 Å². The molecule has 0 bridgehead atoms. The highest BCUT2D eigenvalue weighted by atomic mass is 16.2. The van der Waals surface area contributed by atoms with E-state index in [4.69, 9.17) is 0 Å². The van der Waals surface area contributed by atoms with Crippen LogP contribution in [0.2, 0.25) is 0 Å². The van der Waals surface area contributed by atoms with Crippen molar-refractivity contribution in [1.29, 1.82) is 0 Å². The van der Waals surface area contributed by atoms with E-state index in [9.17, 15) is 4.79 Å². The van der Waals surface area contributed by atoms with Crippen LogP contribution in [0.25, 0.3) is 0 Å². The first-order valence-corrected chi connectivity index (χ1v) is 13.3. The molecule has 1 aromatic rings. The summed E-state index contributed by atoms with van der Waals surface area (Å²) in [6.07, 6.45) is 13.1. The zero-order valence-corrected chi connectivity index (χ0v) is 20.1. The highest BCUT2D eigenvalue weighted by Gasteiger charge is 2.31. The van der Waals surface area contributed by atoms with Gasteiger partial charge in [0.2, 0.25) is 0 Å². The molecule has 1 aliphatic carbocycles. The molecule has 176 valence electrons. The predicted octanol–water partition coefficient (Wildman–Crippen LogP) is 4.23. The van der Waals surface area contributed by atoms with Crippen LogP contribution in [0.4, 0.5) is 5.69 Å². The minimum atomic E-state index is 0.183. The van der Waals surface area contributed by atoms with Crippen molar-refractivity contribution in [2.45, 2.75) is 82.3 Å². The molecule has 4 fully saturated rings. The third-order valence-corrected chi connectivity index (χ3v) is 8.81. The lowest BCUT2D eigenvalue weighted by molar-refractivity contribution is 0.0499. The molecular weight excluding hydrogens is 396 g/mol. The molecule has 5 rings (SSSR count). The van der Waals surface area contributed by atoms with E-state index in [1.54, 1.807) is 0 Å². The Morgan fingerprint density at radius 2 is 1.31 bits per heavy atom. The second kappa shape index (κ2) is 10.1. The number of rotatable bonds is 5. The molecule has 5 nitrogen and oxygen atoms in total. The fourth-order valence-corrected chi connectivity index (χ4v) is 6.35. The average molecular weight is 439 g/mol. The normalized spacial score (nSPS) is 25.0. The van der Waals surface area contributed by atoms with Gasteiger partial charge in [0.1, 0.15) is 0 Å². The molecule has 0 atom stereocenters. The van der Waals surface area contributed by atoms with E-state index >= 15 is 0 Å². The standard InChI is InChI=1S/C27H42N4O/c1-28(23-12-18-30(19-13-23)24-6-5-7-24)27(32)22-8-10-25(11-9-22)31-20-14-26(15-21-31)29-16-3-2-4-17-29/h8-11,23-24,26H,2-7,12-21H2,1H3. The van der Waals surface area contributed by atoms with Crippen molar-refractivity contribution in [2.75, 3.05) is 51.2 Å². The largest absolute Gasteiger partial charge is 0.371 e. The van der Waals surface area contributed by atoms with E-state index in [1.807, 2.05) is 24.1 Å². The Morgan fingerprint density at radius 1 is 0.719 bits per heavy atom. The van der Waals surface area contributed by atoms with Crippen LogP contribution in [-0.2, 0) is 0 Å². The van der Waals surface area contributed by atoms with Gasteiger partial charge in [0.05, 0.1) is 0 Å². The summed E-state index contributed by atoms with van der Waals surface area (Å²) in [5, 5.41) is 0. The molecule has 1 aromatic carbocycles. The Labute approximate surface area is 194 Å². The third kappa shape index (κ3) is 4.84. The summed E-state index contributed by atoms with van der Waals surface area (Å²) < 4.78 is 0. The molecule has 0 unspecified atom stereocenters. The maximum Gasteiger partial charge on any atom is 0.253 e. The summed E-state index contributed by atoms with van der Waals surface area (Å²) >= 11 is 0. The number of carbonyl (C=O) groups is 1. The van der Waals surface area contributed by atoms with Crippen LogP contribution < -0.4 is 4.90 Å². The maximum absolute atomic E-state index is 13.1. The monoisotopic (exact) mass is 438 g/mol. The zero-order chi connectivity index (χ0) is 21.9. The zero-order valence-electron chi connectivity index (χ0n) is 20.1. The van der Waals surface area contributed by atoms with Crippen molar-refractivity contribution in [3.05, 3.63) is 29.8 Å². The van der Waals surface area contributed by atoms with Crippen LogP contribution >= 0.6 is 0 Å². The summed E-state index contributed by atoms with van der Waals surface area (Å²) in [4.78, 5) is 23.0. The lowest BCUT2D eigenvalue weighted by Crippen LogP contribution is -2.50. The second-order valence-corrected chi connectivity index (χ2v) is 10.6. The van der Waals surface area contributed by atoms with E-state index in [-0.39, 0.29) is 5.91 Å². The fraction of sp³-hybridized carbons (Fsp3) is 0.741. The lowest BCUT2D eigenvalue weighted by atomic mass is 9.89. The number of benzene rings is 1. The van der Waals surface area contributed by atoms with Gasteiger partial charge in [-0.1, -0.05) is 12.8 Å². The smallest absolute Gasteiger partial charge is 0.253 e. The molecule has 3 heterocycles. The number of nitrogens with zero attached hydrogens (tertiary/aromatic N) is 4. The van der Waals surface area contributed by atoms with Gasteiger partial charge in [-0.2, -0.15) is 0 Å². The molecule has 0 radical (unpaired) electrons. The van der Waals surface area contributed by atoms with Gasteiger partial charge in [-0.15, -0.1) is 0 Å². The molecule has 1 amide bonds. The van der Waals surface area contributed by atoms with Crippen LogP contribution in [-0.4, -0.2) is 85.0 Å². The molecule has 1 saturated carbocycles. The molecule has 3 saturated heterocycles. The summed E-state index contributed by atoms with van der Waals surface area (Å²) in [7, 11) is 2.01. The summed E-state index contributed by atoms with van der Waals surface area (Å²) in [5.41, 5.74) is 2.11. The quantitative estimate of drug-likeness (QED) is 0.688. The first kappa shape index (κ1) is 22.2. The molecule has 32 heavy (non-hydrogen) atoms. The number of amides is 1. The van der Waals surface area contributed by atoms with E-state index in [2.05, 4.69) is 26.8 Å². The van der Waals surface area contributed by atoms with Crippen molar-refractivity contribution >= 4 is 11.6 Å². The number of anilines is 1. The Morgan fingerprint density at radius 3 is 1.91 bits per heavy atom. The van der Waals surface area contributed by atoms with Crippen LogP contribution in [0, 0.1) is 0 Å². The number of hydrogen-bond acceptors (Lipinski definition) is 4. The third-order valence-electron chi connectivity index (χ3n) is 8.81. The van der Waals surface area contributed by atoms with E-state index < -0.39 is 0 Å². The predicted molar refractivity (Wildman–Crippen MR) is 131 cm³/mol. The molecule has 0 N–H and O–H groups in total. The molecule has 4 aliphatic rings. The Hall–Kier alpha value is -1.59. The van der Waals surface area contributed by atoms with Gasteiger partial charge in [-0.3, -0.25) is 4.79 Å². The number of hydrogen-bond donors (Lipinski definition) is 0. The second-order valence-electron chi connectivity index (χ2n) is 10.6. The van der Waals surface area contributed by atoms with Crippen molar-refractivity contribution in [3.63, 3.8) is 0 Å². The van der Waals surface area contributed by atoms with Crippen LogP contribution in [0.3, 0.4) is 0 Å². The number of likely N-dealkylation sites (tertiary alicyclic amines) is 2. The van der Waals surface area contributed by atoms with Gasteiger partial charge in [0.15, 0.2) is 0 Å². The van der Waals surface area contributed by atoms with Gasteiger partial charge in [-0.05, 0) is 88.7 Å². The van der Waals surface area contributed by atoms with Gasteiger partial charge in [-0.25, -0.2) is 0 Å². The minimum absolute atomic E-state index is 0.183. The molecule has 0 spiro atoms. The number of carbonyl (C=O) groups excluding carboxylic acids is 1. The molecule has 3 aliphatic heterocycles. The summed E-state index contributed by atoms with van der Waals surface area (Å²) in [6.45, 7) is 7.17. The van der Waals surface area contributed by atoms with Gasteiger partial charge in [0, 0.05) is 62.6 Å². The lowest BCUT2D eigenvalue weighted by Gasteiger charge is -2.43. The molecule has 0 aromatic heterocycles. The van der Waals surface area contributed by atoms with Gasteiger partial charge >= 0.3 is 0 Å². The Kier molecular flexibility index (Phi) is 7.03.